The molecule has 0 atom stereocenters. The zero-order valence-electron chi connectivity index (χ0n) is 10.00. The second kappa shape index (κ2) is 5.04. The molecule has 0 unspecified atom stereocenters. The normalized spacial score (nSPS) is 10.3. The van der Waals surface area contributed by atoms with Gasteiger partial charge in [0.25, 0.3) is 0 Å². The van der Waals surface area contributed by atoms with Crippen molar-refractivity contribution in [3.05, 3.63) is 53.3 Å². The maximum Gasteiger partial charge on any atom is 0.195 e. The molecule has 0 bridgehead atoms. The van der Waals surface area contributed by atoms with E-state index in [1.54, 1.807) is 6.20 Å². The summed E-state index contributed by atoms with van der Waals surface area (Å²) in [5.74, 6) is 0. The number of benzene rings is 1. The summed E-state index contributed by atoms with van der Waals surface area (Å²) < 4.78 is 1.02. The van der Waals surface area contributed by atoms with Crippen molar-refractivity contribution < 1.29 is 0 Å². The van der Waals surface area contributed by atoms with Gasteiger partial charge >= 0.3 is 0 Å². The van der Waals surface area contributed by atoms with Gasteiger partial charge in [-0.2, -0.15) is 5.26 Å². The van der Waals surface area contributed by atoms with Crippen LogP contribution in [0.2, 0.25) is 0 Å². The van der Waals surface area contributed by atoms with E-state index in [0.717, 1.165) is 28.0 Å². The van der Waals surface area contributed by atoms with Gasteiger partial charge in [0.05, 0.1) is 10.2 Å². The maximum absolute atomic E-state index is 8.84. The molecule has 0 fully saturated rings. The molecule has 0 aliphatic rings. The van der Waals surface area contributed by atoms with Gasteiger partial charge in [0.15, 0.2) is 5.01 Å². The zero-order chi connectivity index (χ0) is 13.1. The summed E-state index contributed by atoms with van der Waals surface area (Å²) in [7, 11) is 0. The van der Waals surface area contributed by atoms with Gasteiger partial charge in [0, 0.05) is 24.6 Å². The minimum absolute atomic E-state index is 0.499. The van der Waals surface area contributed by atoms with Gasteiger partial charge in [-0.3, -0.25) is 4.98 Å². The molecule has 0 aliphatic heterocycles. The van der Waals surface area contributed by atoms with Crippen LogP contribution in [0.15, 0.2) is 42.7 Å². The Labute approximate surface area is 114 Å². The van der Waals surface area contributed by atoms with Crippen molar-refractivity contribution in [2.24, 2.45) is 0 Å². The Hall–Kier alpha value is -2.45. The molecular formula is C14H10N4S. The molecule has 92 valence electrons. The number of nitrogens with one attached hydrogen (secondary N) is 1. The summed E-state index contributed by atoms with van der Waals surface area (Å²) in [6, 6.07) is 11.9. The van der Waals surface area contributed by atoms with Crippen LogP contribution in [0, 0.1) is 11.3 Å². The predicted molar refractivity (Wildman–Crippen MR) is 75.9 cm³/mol. The van der Waals surface area contributed by atoms with Crippen molar-refractivity contribution in [2.75, 3.05) is 5.32 Å². The highest BCUT2D eigenvalue weighted by atomic mass is 32.1. The molecule has 4 nitrogen and oxygen atoms in total. The molecule has 0 saturated heterocycles. The van der Waals surface area contributed by atoms with E-state index in [1.807, 2.05) is 36.5 Å². The van der Waals surface area contributed by atoms with Gasteiger partial charge in [-0.05, 0) is 29.8 Å². The van der Waals surface area contributed by atoms with Gasteiger partial charge < -0.3 is 5.32 Å². The van der Waals surface area contributed by atoms with Gasteiger partial charge in [-0.1, -0.05) is 6.07 Å². The first-order valence-electron chi connectivity index (χ1n) is 5.78. The van der Waals surface area contributed by atoms with Crippen molar-refractivity contribution in [1.29, 1.82) is 5.26 Å². The molecule has 0 radical (unpaired) electrons. The molecule has 0 amide bonds. The van der Waals surface area contributed by atoms with E-state index >= 15 is 0 Å². The summed E-state index contributed by atoms with van der Waals surface area (Å²) in [4.78, 5) is 8.29. The first-order valence-corrected chi connectivity index (χ1v) is 6.60. The molecule has 5 heteroatoms. The third-order valence-corrected chi connectivity index (χ3v) is 3.63. The number of pyridine rings is 1. The lowest BCUT2D eigenvalue weighted by atomic mass is 10.2. The fraction of sp³-hybridized carbons (Fsp3) is 0.0714. The Kier molecular flexibility index (Phi) is 3.09. The summed E-state index contributed by atoms with van der Waals surface area (Å²) in [6.45, 7) is 0.725. The van der Waals surface area contributed by atoms with E-state index < -0.39 is 0 Å². The number of hydrogen-bond donors (Lipinski definition) is 1. The van der Waals surface area contributed by atoms with Crippen LogP contribution in [0.5, 0.6) is 0 Å². The van der Waals surface area contributed by atoms with Crippen molar-refractivity contribution in [3.8, 4) is 6.07 Å². The second-order valence-corrected chi connectivity index (χ2v) is 5.06. The Morgan fingerprint density at radius 2 is 2.26 bits per heavy atom. The zero-order valence-corrected chi connectivity index (χ0v) is 10.8. The molecule has 0 aliphatic carbocycles. The summed E-state index contributed by atoms with van der Waals surface area (Å²) >= 11 is 1.41. The van der Waals surface area contributed by atoms with Crippen LogP contribution in [-0.2, 0) is 6.54 Å². The number of rotatable bonds is 3. The number of hydrogen-bond acceptors (Lipinski definition) is 5. The molecular weight excluding hydrogens is 256 g/mol. The van der Waals surface area contributed by atoms with Gasteiger partial charge in [0.1, 0.15) is 6.07 Å². The van der Waals surface area contributed by atoms with E-state index in [-0.39, 0.29) is 0 Å². The minimum Gasteiger partial charge on any atom is -0.381 e. The highest BCUT2D eigenvalue weighted by Gasteiger charge is 2.03. The molecule has 3 rings (SSSR count). The Morgan fingerprint density at radius 3 is 3.05 bits per heavy atom. The standard InChI is InChI=1S/C14H10N4S/c15-7-14-18-12-4-3-11(6-13(12)19-14)17-9-10-2-1-5-16-8-10/h1-6,8,17H,9H2. The Bertz CT molecular complexity index is 743. The number of fused-ring (bicyclic) bond motifs is 1. The van der Waals surface area contributed by atoms with E-state index in [4.69, 9.17) is 5.26 Å². The third kappa shape index (κ3) is 2.54. The largest absolute Gasteiger partial charge is 0.381 e. The molecule has 3 aromatic rings. The highest BCUT2D eigenvalue weighted by Crippen LogP contribution is 2.25. The monoisotopic (exact) mass is 266 g/mol. The molecule has 0 saturated carbocycles. The smallest absolute Gasteiger partial charge is 0.195 e. The van der Waals surface area contributed by atoms with Crippen LogP contribution in [0.4, 0.5) is 5.69 Å². The fourth-order valence-corrected chi connectivity index (χ4v) is 2.59. The van der Waals surface area contributed by atoms with Crippen molar-refractivity contribution >= 4 is 27.2 Å². The van der Waals surface area contributed by atoms with Crippen molar-refractivity contribution in [3.63, 3.8) is 0 Å². The lowest BCUT2D eigenvalue weighted by Crippen LogP contribution is -1.99. The van der Waals surface area contributed by atoms with Crippen LogP contribution in [0.25, 0.3) is 10.2 Å². The Balaban J connectivity index is 1.80. The predicted octanol–water partition coefficient (Wildman–Crippen LogP) is 3.18. The summed E-state index contributed by atoms with van der Waals surface area (Å²) in [5, 5.41) is 12.7. The molecule has 0 spiro atoms. The van der Waals surface area contributed by atoms with E-state index in [1.165, 1.54) is 11.3 Å². The van der Waals surface area contributed by atoms with Gasteiger partial charge in [0.2, 0.25) is 0 Å². The lowest BCUT2D eigenvalue weighted by molar-refractivity contribution is 1.11. The van der Waals surface area contributed by atoms with Crippen LogP contribution in [-0.4, -0.2) is 9.97 Å². The van der Waals surface area contributed by atoms with Gasteiger partial charge in [-0.25, -0.2) is 4.98 Å². The van der Waals surface area contributed by atoms with Crippen molar-refractivity contribution in [1.82, 2.24) is 9.97 Å². The van der Waals surface area contributed by atoms with Gasteiger partial charge in [-0.15, -0.1) is 11.3 Å². The third-order valence-electron chi connectivity index (χ3n) is 2.70. The molecule has 1 aromatic carbocycles. The van der Waals surface area contributed by atoms with Crippen LogP contribution in [0.1, 0.15) is 10.6 Å². The number of nitrogens with zero attached hydrogens (tertiary/aromatic N) is 3. The minimum atomic E-state index is 0.499. The SMILES string of the molecule is N#Cc1nc2ccc(NCc3cccnc3)cc2s1. The van der Waals surface area contributed by atoms with E-state index in [9.17, 15) is 0 Å². The fourth-order valence-electron chi connectivity index (χ4n) is 1.79. The molecule has 1 N–H and O–H groups in total. The van der Waals surface area contributed by atoms with Crippen LogP contribution < -0.4 is 5.32 Å². The first-order chi connectivity index (χ1) is 9.35. The molecule has 19 heavy (non-hydrogen) atoms. The lowest BCUT2D eigenvalue weighted by Gasteiger charge is -2.05. The molecule has 2 heterocycles. The van der Waals surface area contributed by atoms with Crippen molar-refractivity contribution in [2.45, 2.75) is 6.54 Å². The summed E-state index contributed by atoms with van der Waals surface area (Å²) in [5.41, 5.74) is 3.02. The van der Waals surface area contributed by atoms with E-state index in [2.05, 4.69) is 21.4 Å². The average molecular weight is 266 g/mol. The number of thiazole rings is 1. The van der Waals surface area contributed by atoms with E-state index in [0.29, 0.717) is 5.01 Å². The Morgan fingerprint density at radius 1 is 1.32 bits per heavy atom. The average Bonchev–Trinajstić information content (AvgIpc) is 2.88. The number of aromatic nitrogens is 2. The quantitative estimate of drug-likeness (QED) is 0.791. The second-order valence-electron chi connectivity index (χ2n) is 4.03. The van der Waals surface area contributed by atoms with Crippen LogP contribution >= 0.6 is 11.3 Å². The molecule has 2 aromatic heterocycles. The first kappa shape index (κ1) is 11.6. The van der Waals surface area contributed by atoms with Crippen LogP contribution in [0.3, 0.4) is 0 Å². The topological polar surface area (TPSA) is 61.6 Å². The summed E-state index contributed by atoms with van der Waals surface area (Å²) in [6.07, 6.45) is 3.60. The maximum atomic E-state index is 8.84. The number of nitriles is 1. The highest BCUT2D eigenvalue weighted by molar-refractivity contribution is 7.19. The number of anilines is 1.